The summed E-state index contributed by atoms with van der Waals surface area (Å²) < 4.78 is 0. The summed E-state index contributed by atoms with van der Waals surface area (Å²) in [4.78, 5) is 0. The molecule has 6 nitrogen and oxygen atoms in total. The monoisotopic (exact) mass is 396 g/mol. The van der Waals surface area contributed by atoms with E-state index in [-0.39, 0.29) is 0 Å². The van der Waals surface area contributed by atoms with Gasteiger partial charge in [-0.3, -0.25) is 0 Å². The van der Waals surface area contributed by atoms with Crippen molar-refractivity contribution in [1.29, 1.82) is 0 Å². The summed E-state index contributed by atoms with van der Waals surface area (Å²) in [6.45, 7) is 14.6. The van der Waals surface area contributed by atoms with Crippen LogP contribution in [0.25, 0.3) is 0 Å². The van der Waals surface area contributed by atoms with E-state index in [9.17, 15) is 0 Å². The summed E-state index contributed by atoms with van der Waals surface area (Å²) in [6, 6.07) is 0. The Morgan fingerprint density at radius 2 is 0.630 bits per heavy atom. The average Bonchev–Trinajstić information content (AvgIpc) is 2.71. The molecule has 0 aromatic heterocycles. The molecule has 0 aliphatic heterocycles. The fourth-order valence-corrected chi connectivity index (χ4v) is 1.17. The van der Waals surface area contributed by atoms with Crippen LogP contribution in [-0.4, -0.2) is 39.8 Å². The van der Waals surface area contributed by atoms with Gasteiger partial charge >= 0.3 is 0 Å². The predicted molar refractivity (Wildman–Crippen MR) is 130 cm³/mol. The van der Waals surface area contributed by atoms with Crippen molar-refractivity contribution < 1.29 is 0 Å². The highest BCUT2D eigenvalue weighted by Crippen LogP contribution is 1.95. The minimum atomic E-state index is 0.750. The van der Waals surface area contributed by atoms with Gasteiger partial charge in [-0.2, -0.15) is 0 Å². The van der Waals surface area contributed by atoms with Crippen molar-refractivity contribution in [3.05, 3.63) is 0 Å². The van der Waals surface area contributed by atoms with E-state index in [0.717, 1.165) is 39.1 Å². The van der Waals surface area contributed by atoms with Crippen LogP contribution in [0.2, 0.25) is 0 Å². The van der Waals surface area contributed by atoms with Gasteiger partial charge in [-0.25, -0.2) is 0 Å². The van der Waals surface area contributed by atoms with E-state index in [1.807, 2.05) is 6.92 Å². The lowest BCUT2D eigenvalue weighted by molar-refractivity contribution is 0.674. The fourth-order valence-electron chi connectivity index (χ4n) is 1.17. The molecule has 0 aromatic rings. The quantitative estimate of drug-likeness (QED) is 0.311. The minimum Gasteiger partial charge on any atom is -0.333 e. The van der Waals surface area contributed by atoms with Gasteiger partial charge in [0.15, 0.2) is 0 Å². The lowest BCUT2D eigenvalue weighted by Crippen LogP contribution is -1.97. The number of hydrogen-bond donors (Lipinski definition) is 6. The summed E-state index contributed by atoms with van der Waals surface area (Å²) >= 11 is 0. The lowest BCUT2D eigenvalue weighted by atomic mass is 10.2. The first kappa shape index (κ1) is 41.2. The van der Waals surface area contributed by atoms with Crippen LogP contribution in [0.15, 0.2) is 0 Å². The zero-order valence-electron chi connectivity index (χ0n) is 20.1. The number of hydrogen-bond acceptors (Lipinski definition) is 6. The number of nitrogens with two attached hydrogens (primary N) is 6. The van der Waals surface area contributed by atoms with Crippen molar-refractivity contribution >= 4 is 0 Å². The molecule has 0 saturated carbocycles. The lowest BCUT2D eigenvalue weighted by Gasteiger charge is -1.90. The van der Waals surface area contributed by atoms with Gasteiger partial charge in [0.25, 0.3) is 0 Å². The highest BCUT2D eigenvalue weighted by atomic mass is 14.5. The third-order valence-electron chi connectivity index (χ3n) is 2.71. The van der Waals surface area contributed by atoms with E-state index >= 15 is 0 Å². The summed E-state index contributed by atoms with van der Waals surface area (Å²) in [5, 5.41) is 0. The molecule has 0 amide bonds. The largest absolute Gasteiger partial charge is 0.333 e. The van der Waals surface area contributed by atoms with Gasteiger partial charge in [0.2, 0.25) is 0 Å². The fraction of sp³-hybridized carbons (Fsp3) is 1.00. The molecular weight excluding hydrogens is 336 g/mol. The maximum atomic E-state index is 5.27. The molecule has 0 saturated heterocycles. The third-order valence-corrected chi connectivity index (χ3v) is 2.71. The van der Waals surface area contributed by atoms with E-state index in [1.54, 1.807) is 0 Å². The maximum Gasteiger partial charge on any atom is -0.00773 e. The van der Waals surface area contributed by atoms with Crippen molar-refractivity contribution in [1.82, 2.24) is 0 Å². The van der Waals surface area contributed by atoms with E-state index in [1.165, 1.54) is 64.8 Å². The van der Waals surface area contributed by atoms with Crippen LogP contribution in [0.1, 0.15) is 98.8 Å². The molecule has 0 atom stereocenters. The first-order chi connectivity index (χ1) is 13.1. The zero-order valence-corrected chi connectivity index (χ0v) is 20.1. The Balaban J connectivity index is -0.0000000511. The van der Waals surface area contributed by atoms with Crippen LogP contribution < -0.4 is 34.4 Å². The zero-order chi connectivity index (χ0) is 22.6. The van der Waals surface area contributed by atoms with Gasteiger partial charge in [0.05, 0.1) is 0 Å². The first-order valence-corrected chi connectivity index (χ1v) is 11.2. The Bertz CT molecular complexity index is 126. The van der Waals surface area contributed by atoms with Gasteiger partial charge in [-0.05, 0) is 65.5 Å². The Morgan fingerprint density at radius 3 is 0.778 bits per heavy atom. The van der Waals surface area contributed by atoms with Crippen molar-refractivity contribution in [2.24, 2.45) is 34.4 Å². The Labute approximate surface area is 173 Å². The molecule has 0 aliphatic carbocycles. The summed E-state index contributed by atoms with van der Waals surface area (Å²) in [5.74, 6) is 0. The molecule has 0 aliphatic rings. The van der Waals surface area contributed by atoms with Gasteiger partial charge < -0.3 is 34.4 Å². The summed E-state index contributed by atoms with van der Waals surface area (Å²) in [7, 11) is 1.50. The second-order valence-corrected chi connectivity index (χ2v) is 5.68. The predicted octanol–water partition coefficient (Wildman–Crippen LogP) is 3.30. The second kappa shape index (κ2) is 72.5. The minimum absolute atomic E-state index is 0.750. The van der Waals surface area contributed by atoms with Crippen LogP contribution in [-0.2, 0) is 0 Å². The molecule has 174 valence electrons. The van der Waals surface area contributed by atoms with Crippen LogP contribution >= 0.6 is 0 Å². The molecule has 0 bridgehead atoms. The highest BCUT2D eigenvalue weighted by Gasteiger charge is 1.80. The maximum absolute atomic E-state index is 5.27. The molecular formula is C21H60N6. The van der Waals surface area contributed by atoms with Crippen LogP contribution in [0.4, 0.5) is 0 Å². The number of rotatable bonds is 10. The normalized spacial score (nSPS) is 8.00. The SMILES string of the molecule is CCCCCCN.CCCCCN.CCCCN.CCCN.CCN.CN. The molecule has 0 radical (unpaired) electrons. The molecule has 0 aromatic carbocycles. The van der Waals surface area contributed by atoms with Crippen LogP contribution in [0.5, 0.6) is 0 Å². The van der Waals surface area contributed by atoms with Gasteiger partial charge in [-0.1, -0.05) is 73.1 Å². The molecule has 0 heterocycles. The Kier molecular flexibility index (Phi) is 111. The summed E-state index contributed by atoms with van der Waals surface area (Å²) in [5.41, 5.74) is 30.0. The Hall–Kier alpha value is -0.240. The van der Waals surface area contributed by atoms with E-state index < -0.39 is 0 Å². The van der Waals surface area contributed by atoms with E-state index in [4.69, 9.17) is 28.7 Å². The van der Waals surface area contributed by atoms with Crippen LogP contribution in [0, 0.1) is 0 Å². The van der Waals surface area contributed by atoms with E-state index in [2.05, 4.69) is 33.4 Å². The molecule has 0 fully saturated rings. The topological polar surface area (TPSA) is 156 Å². The highest BCUT2D eigenvalue weighted by molar-refractivity contribution is 4.38. The van der Waals surface area contributed by atoms with E-state index in [0.29, 0.717) is 0 Å². The molecule has 6 heteroatoms. The van der Waals surface area contributed by atoms with Gasteiger partial charge in [-0.15, -0.1) is 0 Å². The van der Waals surface area contributed by atoms with Crippen molar-refractivity contribution in [3.8, 4) is 0 Å². The van der Waals surface area contributed by atoms with Crippen LogP contribution in [0.3, 0.4) is 0 Å². The third kappa shape index (κ3) is 153. The van der Waals surface area contributed by atoms with Crippen molar-refractivity contribution in [2.45, 2.75) is 98.8 Å². The van der Waals surface area contributed by atoms with Gasteiger partial charge in [0.1, 0.15) is 0 Å². The van der Waals surface area contributed by atoms with Crippen molar-refractivity contribution in [3.63, 3.8) is 0 Å². The molecule has 0 rings (SSSR count). The first-order valence-electron chi connectivity index (χ1n) is 11.2. The Morgan fingerprint density at radius 1 is 0.370 bits per heavy atom. The smallest absolute Gasteiger partial charge is 0.00773 e. The van der Waals surface area contributed by atoms with Crippen molar-refractivity contribution in [2.75, 3.05) is 39.8 Å². The number of unbranched alkanes of at least 4 members (excludes halogenated alkanes) is 6. The molecule has 27 heavy (non-hydrogen) atoms. The second-order valence-electron chi connectivity index (χ2n) is 5.68. The summed E-state index contributed by atoms with van der Waals surface area (Å²) in [6.07, 6.45) is 12.4. The molecule has 0 unspecified atom stereocenters. The molecule has 0 spiro atoms. The average molecular weight is 397 g/mol. The standard InChI is InChI=1S/C6H15N.C5H13N.C4H11N.C3H9N.C2H7N.CH5N/c1-2-3-4-5-6-7;1-2-3-4-5-6;1-2-3-4-5;1-2-3-4;1-2-3;1-2/h2-7H2,1H3;2-6H2,1H3;2-5H2,1H3;2-4H2,1H3;2-3H2,1H3;2H2,1H3. The van der Waals surface area contributed by atoms with Gasteiger partial charge in [0, 0.05) is 0 Å². The molecule has 12 N–H and O–H groups in total.